The first-order chi connectivity index (χ1) is 13.6. The lowest BCUT2D eigenvalue weighted by Gasteiger charge is -2.45. The number of nitrogens with one attached hydrogen (secondary N) is 1. The molecule has 2 atom stereocenters. The van der Waals surface area contributed by atoms with Gasteiger partial charge in [-0.15, -0.1) is 0 Å². The van der Waals surface area contributed by atoms with Crippen LogP contribution in [0, 0.1) is 5.82 Å². The number of hydrogen-bond donors (Lipinski definition) is 3. The van der Waals surface area contributed by atoms with Crippen LogP contribution in [0.15, 0.2) is 36.4 Å². The normalized spacial score (nSPS) is 26.2. The van der Waals surface area contributed by atoms with E-state index in [1.807, 2.05) is 12.1 Å². The minimum absolute atomic E-state index is 0.0803. The van der Waals surface area contributed by atoms with Crippen molar-refractivity contribution in [1.29, 1.82) is 0 Å². The van der Waals surface area contributed by atoms with E-state index < -0.39 is 17.6 Å². The number of rotatable bonds is 1. The number of fused-ring (bicyclic) bond motifs is 4. The van der Waals surface area contributed by atoms with Gasteiger partial charge >= 0.3 is 0 Å². The van der Waals surface area contributed by atoms with E-state index in [1.165, 1.54) is 12.1 Å². The van der Waals surface area contributed by atoms with Crippen LogP contribution in [0.1, 0.15) is 23.1 Å². The maximum atomic E-state index is 15.2. The van der Waals surface area contributed by atoms with Crippen LogP contribution in [-0.4, -0.2) is 37.6 Å². The van der Waals surface area contributed by atoms with Crippen molar-refractivity contribution in [3.05, 3.63) is 58.9 Å². The lowest BCUT2D eigenvalue weighted by Crippen LogP contribution is -2.56. The molecule has 3 aliphatic heterocycles. The number of nitrogens with two attached hydrogens (primary N) is 1. The number of halogens is 1. The van der Waals surface area contributed by atoms with Crippen LogP contribution < -0.4 is 15.8 Å². The summed E-state index contributed by atoms with van der Waals surface area (Å²) in [5.74, 6) is 0.195. The maximum absolute atomic E-state index is 15.2. The standard InChI is InChI=1S/C21H21FN2O4/c22-17-8-13(12-3-5-26-6-4-12)7-16-20(17)27-18-2-1-14(25)9-15(18)21(16)11-24-10-19(23)28-21/h1-3,7-9,19,24-25H,4-6,10-11,23H2/t19-,21?/m0/s1. The molecule has 0 amide bonds. The molecule has 7 heteroatoms. The third-order valence-corrected chi connectivity index (χ3v) is 5.50. The minimum Gasteiger partial charge on any atom is -0.508 e. The summed E-state index contributed by atoms with van der Waals surface area (Å²) in [5, 5.41) is 13.3. The first kappa shape index (κ1) is 17.6. The van der Waals surface area contributed by atoms with Crippen LogP contribution >= 0.6 is 0 Å². The largest absolute Gasteiger partial charge is 0.508 e. The van der Waals surface area contributed by atoms with Gasteiger partial charge in [0, 0.05) is 24.2 Å². The number of ether oxygens (including phenoxy) is 3. The number of phenols is 1. The molecule has 1 fully saturated rings. The summed E-state index contributed by atoms with van der Waals surface area (Å²) >= 11 is 0. The number of phenolic OH excluding ortho intramolecular Hbond substituents is 1. The molecular formula is C21H21FN2O4. The van der Waals surface area contributed by atoms with E-state index in [0.29, 0.717) is 49.6 Å². The number of morpholine rings is 1. The molecule has 0 aliphatic carbocycles. The van der Waals surface area contributed by atoms with Gasteiger partial charge in [-0.05, 0) is 47.9 Å². The molecule has 2 aromatic rings. The van der Waals surface area contributed by atoms with Gasteiger partial charge in [-0.1, -0.05) is 6.08 Å². The highest BCUT2D eigenvalue weighted by Crippen LogP contribution is 2.52. The average molecular weight is 384 g/mol. The van der Waals surface area contributed by atoms with Gasteiger partial charge in [0.2, 0.25) is 0 Å². The zero-order chi connectivity index (χ0) is 19.3. The van der Waals surface area contributed by atoms with Crippen molar-refractivity contribution in [2.45, 2.75) is 18.2 Å². The molecule has 0 radical (unpaired) electrons. The molecule has 1 saturated heterocycles. The van der Waals surface area contributed by atoms with Crippen LogP contribution in [0.5, 0.6) is 17.2 Å². The Morgan fingerprint density at radius 3 is 2.89 bits per heavy atom. The van der Waals surface area contributed by atoms with Gasteiger partial charge in [-0.3, -0.25) is 0 Å². The van der Waals surface area contributed by atoms with E-state index in [0.717, 1.165) is 11.1 Å². The SMILES string of the molecule is N[C@@H]1CNCC2(O1)c1cc(O)ccc1Oc1c(F)cc(C3=CCOCC3)cc12. The van der Waals surface area contributed by atoms with Crippen LogP contribution in [-0.2, 0) is 15.1 Å². The van der Waals surface area contributed by atoms with Crippen molar-refractivity contribution >= 4 is 5.57 Å². The third kappa shape index (κ3) is 2.70. The maximum Gasteiger partial charge on any atom is 0.169 e. The Bertz CT molecular complexity index is 977. The van der Waals surface area contributed by atoms with E-state index in [9.17, 15) is 5.11 Å². The number of hydrogen-bond acceptors (Lipinski definition) is 6. The second-order valence-corrected chi connectivity index (χ2v) is 7.29. The summed E-state index contributed by atoms with van der Waals surface area (Å²) in [6.45, 7) is 1.98. The quantitative estimate of drug-likeness (QED) is 0.701. The molecule has 28 heavy (non-hydrogen) atoms. The van der Waals surface area contributed by atoms with Gasteiger partial charge in [-0.25, -0.2) is 4.39 Å². The van der Waals surface area contributed by atoms with Crippen molar-refractivity contribution in [2.75, 3.05) is 26.3 Å². The Morgan fingerprint density at radius 2 is 2.11 bits per heavy atom. The van der Waals surface area contributed by atoms with Gasteiger partial charge in [0.1, 0.15) is 23.3 Å². The van der Waals surface area contributed by atoms with E-state index in [1.54, 1.807) is 12.1 Å². The minimum atomic E-state index is -1.05. The highest BCUT2D eigenvalue weighted by Gasteiger charge is 2.48. The average Bonchev–Trinajstić information content (AvgIpc) is 2.70. The van der Waals surface area contributed by atoms with E-state index in [-0.39, 0.29) is 11.5 Å². The van der Waals surface area contributed by atoms with Crippen LogP contribution in [0.2, 0.25) is 0 Å². The summed E-state index contributed by atoms with van der Waals surface area (Å²) in [7, 11) is 0. The highest BCUT2D eigenvalue weighted by atomic mass is 19.1. The lowest BCUT2D eigenvalue weighted by molar-refractivity contribution is -0.0974. The van der Waals surface area contributed by atoms with E-state index >= 15 is 4.39 Å². The molecule has 1 spiro atoms. The van der Waals surface area contributed by atoms with Gasteiger partial charge in [0.15, 0.2) is 11.6 Å². The summed E-state index contributed by atoms with van der Waals surface area (Å²) in [6, 6.07) is 8.11. The molecule has 1 unspecified atom stereocenters. The molecule has 0 saturated carbocycles. The summed E-state index contributed by atoms with van der Waals surface area (Å²) in [6.07, 6.45) is 2.10. The molecule has 146 valence electrons. The van der Waals surface area contributed by atoms with E-state index in [2.05, 4.69) is 5.32 Å². The lowest BCUT2D eigenvalue weighted by atomic mass is 9.80. The van der Waals surface area contributed by atoms with Crippen molar-refractivity contribution in [3.63, 3.8) is 0 Å². The molecule has 0 aromatic heterocycles. The fourth-order valence-electron chi connectivity index (χ4n) is 4.20. The second-order valence-electron chi connectivity index (χ2n) is 7.29. The Balaban J connectivity index is 1.73. The zero-order valence-corrected chi connectivity index (χ0v) is 15.2. The zero-order valence-electron chi connectivity index (χ0n) is 15.2. The number of aromatic hydroxyl groups is 1. The summed E-state index contributed by atoms with van der Waals surface area (Å²) in [5.41, 5.74) is 8.04. The van der Waals surface area contributed by atoms with Crippen LogP contribution in [0.4, 0.5) is 4.39 Å². The molecule has 2 aromatic carbocycles. The van der Waals surface area contributed by atoms with Crippen LogP contribution in [0.25, 0.3) is 5.57 Å². The first-order valence-electron chi connectivity index (χ1n) is 9.33. The van der Waals surface area contributed by atoms with E-state index in [4.69, 9.17) is 19.9 Å². The Labute approximate surface area is 161 Å². The topological polar surface area (TPSA) is 86.0 Å². The predicted octanol–water partition coefficient (Wildman–Crippen LogP) is 2.59. The summed E-state index contributed by atoms with van der Waals surface area (Å²) in [4.78, 5) is 0. The first-order valence-corrected chi connectivity index (χ1v) is 9.33. The predicted molar refractivity (Wildman–Crippen MR) is 101 cm³/mol. The van der Waals surface area contributed by atoms with Gasteiger partial charge in [0.25, 0.3) is 0 Å². The molecule has 5 rings (SSSR count). The fourth-order valence-corrected chi connectivity index (χ4v) is 4.20. The van der Waals surface area contributed by atoms with Crippen molar-refractivity contribution < 1.29 is 23.7 Å². The van der Waals surface area contributed by atoms with Gasteiger partial charge in [0.05, 0.1) is 13.2 Å². The molecule has 6 nitrogen and oxygen atoms in total. The third-order valence-electron chi connectivity index (χ3n) is 5.50. The second kappa shape index (κ2) is 6.56. The van der Waals surface area contributed by atoms with Crippen molar-refractivity contribution in [2.24, 2.45) is 5.73 Å². The Kier molecular flexibility index (Phi) is 4.13. The van der Waals surface area contributed by atoms with Gasteiger partial charge in [-0.2, -0.15) is 0 Å². The smallest absolute Gasteiger partial charge is 0.169 e. The molecule has 3 aliphatic rings. The molecule has 3 heterocycles. The Hall–Kier alpha value is -2.45. The monoisotopic (exact) mass is 384 g/mol. The highest BCUT2D eigenvalue weighted by molar-refractivity contribution is 5.70. The van der Waals surface area contributed by atoms with Crippen molar-refractivity contribution in [3.8, 4) is 17.2 Å². The van der Waals surface area contributed by atoms with Crippen molar-refractivity contribution in [1.82, 2.24) is 5.32 Å². The number of benzene rings is 2. The van der Waals surface area contributed by atoms with Gasteiger partial charge < -0.3 is 30.4 Å². The Morgan fingerprint density at radius 1 is 1.21 bits per heavy atom. The molecule has 4 N–H and O–H groups in total. The molecule has 0 bridgehead atoms. The fraction of sp³-hybridized carbons (Fsp3) is 0.333. The molecular weight excluding hydrogens is 363 g/mol. The summed E-state index contributed by atoms with van der Waals surface area (Å²) < 4.78 is 32.7. The van der Waals surface area contributed by atoms with Crippen LogP contribution in [0.3, 0.4) is 0 Å².